The van der Waals surface area contributed by atoms with Gasteiger partial charge in [0.25, 0.3) is 11.6 Å². The topological polar surface area (TPSA) is 98.0 Å². The summed E-state index contributed by atoms with van der Waals surface area (Å²) < 4.78 is 0. The summed E-state index contributed by atoms with van der Waals surface area (Å²) in [5.41, 5.74) is 2.59. The second-order valence-electron chi connectivity index (χ2n) is 6.19. The molecule has 7 nitrogen and oxygen atoms in total. The lowest BCUT2D eigenvalue weighted by atomic mass is 10.0. The van der Waals surface area contributed by atoms with E-state index in [-0.39, 0.29) is 11.6 Å². The maximum atomic E-state index is 13.0. The van der Waals surface area contributed by atoms with E-state index in [1.54, 1.807) is 42.7 Å². The Kier molecular flexibility index (Phi) is 4.88. The van der Waals surface area contributed by atoms with Crippen molar-refractivity contribution in [1.29, 1.82) is 0 Å². The molecule has 0 spiro atoms. The molecule has 2 heterocycles. The number of benzene rings is 2. The van der Waals surface area contributed by atoms with Gasteiger partial charge in [0.1, 0.15) is 0 Å². The molecule has 0 fully saturated rings. The lowest BCUT2D eigenvalue weighted by molar-refractivity contribution is -0.384. The molecule has 1 N–H and O–H groups in total. The summed E-state index contributed by atoms with van der Waals surface area (Å²) in [5.74, 6) is -0.376. The highest BCUT2D eigenvalue weighted by molar-refractivity contribution is 6.35. The van der Waals surface area contributed by atoms with E-state index in [0.717, 1.165) is 5.56 Å². The zero-order chi connectivity index (χ0) is 20.4. The number of nitrogens with zero attached hydrogens (tertiary/aromatic N) is 3. The minimum atomic E-state index is -0.496. The van der Waals surface area contributed by atoms with Gasteiger partial charge in [0, 0.05) is 41.2 Å². The van der Waals surface area contributed by atoms with Gasteiger partial charge in [-0.25, -0.2) is 4.98 Å². The Morgan fingerprint density at radius 1 is 1.07 bits per heavy atom. The molecule has 4 rings (SSSR count). The molecular weight excluding hydrogens is 392 g/mol. The molecule has 0 atom stereocenters. The van der Waals surface area contributed by atoms with Crippen LogP contribution in [0.3, 0.4) is 0 Å². The number of fused-ring (bicyclic) bond motifs is 1. The molecule has 2 aromatic heterocycles. The Balaban J connectivity index is 1.78. The number of nitrogens with one attached hydrogen (secondary N) is 1. The molecule has 8 heteroatoms. The van der Waals surface area contributed by atoms with Crippen LogP contribution in [0.1, 0.15) is 10.4 Å². The van der Waals surface area contributed by atoms with E-state index in [2.05, 4.69) is 15.3 Å². The van der Waals surface area contributed by atoms with Gasteiger partial charge in [-0.05, 0) is 36.4 Å². The molecule has 2 aromatic carbocycles. The fourth-order valence-electron chi connectivity index (χ4n) is 2.93. The number of carbonyl (C=O) groups excluding carboxylic acids is 1. The van der Waals surface area contributed by atoms with Crippen molar-refractivity contribution in [3.8, 4) is 11.3 Å². The van der Waals surface area contributed by atoms with Crippen LogP contribution in [0.5, 0.6) is 0 Å². The predicted octanol–water partition coefficient (Wildman–Crippen LogP) is 5.11. The molecular formula is C21H13ClN4O3. The number of non-ortho nitro benzene ring substituents is 1. The van der Waals surface area contributed by atoms with Crippen molar-refractivity contribution in [2.24, 2.45) is 0 Å². The molecule has 0 bridgehead atoms. The number of amides is 1. The maximum Gasteiger partial charge on any atom is 0.269 e. The van der Waals surface area contributed by atoms with Gasteiger partial charge in [0.2, 0.25) is 0 Å². The lowest BCUT2D eigenvalue weighted by Gasteiger charge is -2.11. The number of hydrogen-bond donors (Lipinski definition) is 1. The summed E-state index contributed by atoms with van der Waals surface area (Å²) >= 11 is 6.33. The summed E-state index contributed by atoms with van der Waals surface area (Å²) in [6.07, 6.45) is 3.31. The van der Waals surface area contributed by atoms with Gasteiger partial charge in [0.15, 0.2) is 0 Å². The number of halogens is 1. The van der Waals surface area contributed by atoms with E-state index in [0.29, 0.717) is 32.9 Å². The lowest BCUT2D eigenvalue weighted by Crippen LogP contribution is -2.13. The van der Waals surface area contributed by atoms with Crippen molar-refractivity contribution in [3.05, 3.63) is 93.8 Å². The van der Waals surface area contributed by atoms with Crippen LogP contribution in [0.15, 0.2) is 73.1 Å². The molecule has 0 unspecified atom stereocenters. The van der Waals surface area contributed by atoms with Crippen LogP contribution in [0.2, 0.25) is 5.02 Å². The number of hydrogen-bond acceptors (Lipinski definition) is 5. The van der Waals surface area contributed by atoms with E-state index in [1.807, 2.05) is 6.07 Å². The second kappa shape index (κ2) is 7.65. The summed E-state index contributed by atoms with van der Waals surface area (Å²) in [7, 11) is 0. The minimum Gasteiger partial charge on any atom is -0.322 e. The zero-order valence-electron chi connectivity index (χ0n) is 14.9. The number of para-hydroxylation sites is 1. The van der Waals surface area contributed by atoms with Crippen molar-refractivity contribution in [2.75, 3.05) is 5.32 Å². The average Bonchev–Trinajstić information content (AvgIpc) is 2.74. The van der Waals surface area contributed by atoms with Crippen LogP contribution in [-0.4, -0.2) is 20.8 Å². The highest BCUT2D eigenvalue weighted by atomic mass is 35.5. The van der Waals surface area contributed by atoms with Crippen molar-refractivity contribution in [1.82, 2.24) is 9.97 Å². The van der Waals surface area contributed by atoms with Crippen molar-refractivity contribution < 1.29 is 9.72 Å². The standard InChI is InChI=1S/C21H13ClN4O3/c22-18-5-1-4-16-17(11-19(25-20(16)18)13-3-2-10-23-12-13)21(27)24-14-6-8-15(9-7-14)26(28)29/h1-12H,(H,24,27). The van der Waals surface area contributed by atoms with Gasteiger partial charge in [-0.1, -0.05) is 23.7 Å². The fraction of sp³-hybridized carbons (Fsp3) is 0. The third-order valence-corrected chi connectivity index (χ3v) is 4.63. The highest BCUT2D eigenvalue weighted by Crippen LogP contribution is 2.29. The minimum absolute atomic E-state index is 0.0528. The van der Waals surface area contributed by atoms with Gasteiger partial charge >= 0.3 is 0 Å². The summed E-state index contributed by atoms with van der Waals surface area (Å²) in [6, 6.07) is 16.2. The second-order valence-corrected chi connectivity index (χ2v) is 6.60. The molecule has 1 amide bonds. The Bertz CT molecular complexity index is 1230. The zero-order valence-corrected chi connectivity index (χ0v) is 15.6. The summed E-state index contributed by atoms with van der Waals surface area (Å²) in [4.78, 5) is 32.0. The van der Waals surface area contributed by atoms with E-state index >= 15 is 0 Å². The molecule has 0 saturated heterocycles. The normalized spacial score (nSPS) is 10.7. The summed E-state index contributed by atoms with van der Waals surface area (Å²) in [6.45, 7) is 0. The summed E-state index contributed by atoms with van der Waals surface area (Å²) in [5, 5.41) is 14.6. The molecule has 0 aliphatic carbocycles. The number of rotatable bonds is 4. The predicted molar refractivity (Wildman–Crippen MR) is 111 cm³/mol. The highest BCUT2D eigenvalue weighted by Gasteiger charge is 2.16. The first-order valence-corrected chi connectivity index (χ1v) is 8.96. The van der Waals surface area contributed by atoms with Gasteiger partial charge in [-0.2, -0.15) is 0 Å². The van der Waals surface area contributed by atoms with Gasteiger partial charge < -0.3 is 5.32 Å². The van der Waals surface area contributed by atoms with Crippen molar-refractivity contribution in [2.45, 2.75) is 0 Å². The van der Waals surface area contributed by atoms with Crippen LogP contribution in [0.25, 0.3) is 22.2 Å². The number of aromatic nitrogens is 2. The van der Waals surface area contributed by atoms with Crippen LogP contribution in [-0.2, 0) is 0 Å². The number of nitro benzene ring substituents is 1. The van der Waals surface area contributed by atoms with Gasteiger partial charge in [0.05, 0.1) is 26.7 Å². The smallest absolute Gasteiger partial charge is 0.269 e. The quantitative estimate of drug-likeness (QED) is 0.376. The largest absolute Gasteiger partial charge is 0.322 e. The Hall–Kier alpha value is -3.84. The third kappa shape index (κ3) is 3.76. The van der Waals surface area contributed by atoms with Crippen molar-refractivity contribution >= 4 is 39.8 Å². The van der Waals surface area contributed by atoms with E-state index in [4.69, 9.17) is 11.6 Å². The average molecular weight is 405 g/mol. The third-order valence-electron chi connectivity index (χ3n) is 4.33. The molecule has 29 heavy (non-hydrogen) atoms. The Labute approximate surface area is 170 Å². The first-order valence-electron chi connectivity index (χ1n) is 8.58. The fourth-order valence-corrected chi connectivity index (χ4v) is 3.15. The molecule has 0 aliphatic heterocycles. The van der Waals surface area contributed by atoms with Crippen LogP contribution >= 0.6 is 11.6 Å². The van der Waals surface area contributed by atoms with E-state index in [1.165, 1.54) is 24.3 Å². The van der Waals surface area contributed by atoms with E-state index in [9.17, 15) is 14.9 Å². The van der Waals surface area contributed by atoms with Gasteiger partial charge in [-0.15, -0.1) is 0 Å². The number of anilines is 1. The van der Waals surface area contributed by atoms with Crippen LogP contribution < -0.4 is 5.32 Å². The first kappa shape index (κ1) is 18.5. The van der Waals surface area contributed by atoms with Crippen molar-refractivity contribution in [3.63, 3.8) is 0 Å². The molecule has 142 valence electrons. The monoisotopic (exact) mass is 404 g/mol. The number of nitro groups is 1. The van der Waals surface area contributed by atoms with Gasteiger partial charge in [-0.3, -0.25) is 19.9 Å². The Morgan fingerprint density at radius 3 is 2.55 bits per heavy atom. The first-order chi connectivity index (χ1) is 14.0. The molecule has 0 aliphatic rings. The maximum absolute atomic E-state index is 13.0. The van der Waals surface area contributed by atoms with Crippen LogP contribution in [0.4, 0.5) is 11.4 Å². The SMILES string of the molecule is O=C(Nc1ccc([N+](=O)[O-])cc1)c1cc(-c2cccnc2)nc2c(Cl)cccc12. The number of pyridine rings is 2. The van der Waals surface area contributed by atoms with Crippen LogP contribution in [0, 0.1) is 10.1 Å². The molecule has 0 saturated carbocycles. The number of carbonyl (C=O) groups is 1. The molecule has 4 aromatic rings. The Morgan fingerprint density at radius 2 is 1.86 bits per heavy atom. The molecule has 0 radical (unpaired) electrons. The van der Waals surface area contributed by atoms with E-state index < -0.39 is 4.92 Å².